The van der Waals surface area contributed by atoms with Crippen LogP contribution in [0.3, 0.4) is 0 Å². The summed E-state index contributed by atoms with van der Waals surface area (Å²) in [6.45, 7) is 3.70. The second-order valence-corrected chi connectivity index (χ2v) is 4.83. The summed E-state index contributed by atoms with van der Waals surface area (Å²) in [6.07, 6.45) is 1.41. The average Bonchev–Trinajstić information content (AvgIpc) is 2.72. The lowest BCUT2D eigenvalue weighted by Crippen LogP contribution is -2.06. The van der Waals surface area contributed by atoms with Crippen molar-refractivity contribution in [2.75, 3.05) is 0 Å². The second kappa shape index (κ2) is 4.23. The lowest BCUT2D eigenvalue weighted by Gasteiger charge is -2.06. The first-order valence-electron chi connectivity index (χ1n) is 6.13. The molecule has 0 spiro atoms. The molecule has 0 amide bonds. The van der Waals surface area contributed by atoms with Crippen LogP contribution in [0.1, 0.15) is 16.7 Å². The van der Waals surface area contributed by atoms with E-state index in [9.17, 15) is 9.59 Å². The molecule has 0 atom stereocenters. The normalized spacial score (nSPS) is 11.3. The molecule has 0 aliphatic heterocycles. The van der Waals surface area contributed by atoms with Gasteiger partial charge in [0.15, 0.2) is 0 Å². The maximum Gasteiger partial charge on any atom is 0.336 e. The Balaban J connectivity index is 2.48. The number of carboxylic acids is 1. The van der Waals surface area contributed by atoms with E-state index < -0.39 is 11.6 Å². The van der Waals surface area contributed by atoms with Gasteiger partial charge in [-0.2, -0.15) is 0 Å². The highest BCUT2D eigenvalue weighted by Crippen LogP contribution is 2.31. The van der Waals surface area contributed by atoms with Crippen molar-refractivity contribution in [3.8, 4) is 0 Å². The molecule has 1 aromatic carbocycles. The van der Waals surface area contributed by atoms with E-state index in [4.69, 9.17) is 13.9 Å². The predicted octanol–water partition coefficient (Wildman–Crippen LogP) is 2.78. The Morgan fingerprint density at radius 2 is 1.95 bits per heavy atom. The summed E-state index contributed by atoms with van der Waals surface area (Å²) in [5.41, 5.74) is 2.60. The molecule has 0 bridgehead atoms. The van der Waals surface area contributed by atoms with Gasteiger partial charge in [0.1, 0.15) is 11.2 Å². The molecule has 5 nitrogen and oxygen atoms in total. The molecule has 3 aromatic rings. The Kier molecular flexibility index (Phi) is 2.64. The highest BCUT2D eigenvalue weighted by Gasteiger charge is 2.16. The molecule has 0 aliphatic carbocycles. The quantitative estimate of drug-likeness (QED) is 0.725. The molecular weight excluding hydrogens is 260 g/mol. The van der Waals surface area contributed by atoms with Crippen LogP contribution in [0.5, 0.6) is 0 Å². The number of rotatable bonds is 2. The standard InChI is InChI=1S/C15H12O5/c1-7-6-19-14-8(2)15-11(5-10(7)14)9(3-12(16)17)4-13(18)20-15/h4-6H,3H2,1-2H3,(H,16,17). The number of furan rings is 1. The molecule has 2 aromatic heterocycles. The number of fused-ring (bicyclic) bond motifs is 2. The van der Waals surface area contributed by atoms with Gasteiger partial charge in [-0.05, 0) is 31.0 Å². The summed E-state index contributed by atoms with van der Waals surface area (Å²) in [6, 6.07) is 3.05. The minimum absolute atomic E-state index is 0.218. The second-order valence-electron chi connectivity index (χ2n) is 4.83. The van der Waals surface area contributed by atoms with Crippen molar-refractivity contribution in [1.82, 2.24) is 0 Å². The van der Waals surface area contributed by atoms with E-state index in [2.05, 4.69) is 0 Å². The summed E-state index contributed by atoms with van der Waals surface area (Å²) < 4.78 is 10.7. The van der Waals surface area contributed by atoms with Crippen molar-refractivity contribution in [2.24, 2.45) is 0 Å². The van der Waals surface area contributed by atoms with Crippen molar-refractivity contribution in [3.63, 3.8) is 0 Å². The molecule has 1 N–H and O–H groups in total. The molecule has 0 unspecified atom stereocenters. The Morgan fingerprint density at radius 1 is 1.20 bits per heavy atom. The Bertz CT molecular complexity index is 898. The topological polar surface area (TPSA) is 80.7 Å². The van der Waals surface area contributed by atoms with Gasteiger partial charge in [-0.15, -0.1) is 0 Å². The first-order chi connectivity index (χ1) is 9.47. The number of hydrogen-bond acceptors (Lipinski definition) is 4. The van der Waals surface area contributed by atoms with Gasteiger partial charge in [-0.3, -0.25) is 4.79 Å². The lowest BCUT2D eigenvalue weighted by molar-refractivity contribution is -0.136. The fourth-order valence-electron chi connectivity index (χ4n) is 2.47. The maximum absolute atomic E-state index is 11.6. The van der Waals surface area contributed by atoms with Gasteiger partial charge in [-0.25, -0.2) is 4.79 Å². The highest BCUT2D eigenvalue weighted by atomic mass is 16.4. The Hall–Kier alpha value is -2.56. The van der Waals surface area contributed by atoms with Crippen molar-refractivity contribution >= 4 is 27.9 Å². The van der Waals surface area contributed by atoms with Crippen LogP contribution in [-0.2, 0) is 11.2 Å². The molecule has 0 radical (unpaired) electrons. The minimum atomic E-state index is -0.987. The molecule has 0 saturated carbocycles. The average molecular weight is 272 g/mol. The number of carbonyl (C=O) groups is 1. The van der Waals surface area contributed by atoms with E-state index in [0.29, 0.717) is 27.7 Å². The minimum Gasteiger partial charge on any atom is -0.481 e. The molecule has 2 heterocycles. The predicted molar refractivity (Wildman–Crippen MR) is 73.1 cm³/mol. The van der Waals surface area contributed by atoms with Crippen LogP contribution < -0.4 is 5.63 Å². The van der Waals surface area contributed by atoms with Gasteiger partial charge in [0.2, 0.25) is 0 Å². The maximum atomic E-state index is 11.6. The molecule has 5 heteroatoms. The van der Waals surface area contributed by atoms with Crippen LogP contribution >= 0.6 is 0 Å². The van der Waals surface area contributed by atoms with Gasteiger partial charge in [0.05, 0.1) is 12.7 Å². The van der Waals surface area contributed by atoms with Crippen LogP contribution in [0, 0.1) is 13.8 Å². The number of benzene rings is 1. The molecule has 3 rings (SSSR count). The molecule has 0 aliphatic rings. The van der Waals surface area contributed by atoms with Crippen LogP contribution in [0.4, 0.5) is 0 Å². The van der Waals surface area contributed by atoms with Gasteiger partial charge in [0.25, 0.3) is 0 Å². The van der Waals surface area contributed by atoms with E-state index in [1.165, 1.54) is 6.07 Å². The van der Waals surface area contributed by atoms with E-state index in [1.54, 1.807) is 13.2 Å². The molecule has 20 heavy (non-hydrogen) atoms. The first kappa shape index (κ1) is 12.5. The highest BCUT2D eigenvalue weighted by molar-refractivity contribution is 6.00. The van der Waals surface area contributed by atoms with Gasteiger partial charge in [0, 0.05) is 22.4 Å². The number of carboxylic acid groups (broad SMARTS) is 1. The van der Waals surface area contributed by atoms with E-state index in [-0.39, 0.29) is 6.42 Å². The summed E-state index contributed by atoms with van der Waals surface area (Å²) in [5, 5.41) is 10.5. The smallest absolute Gasteiger partial charge is 0.336 e. The molecular formula is C15H12O5. The number of hydrogen-bond donors (Lipinski definition) is 1. The van der Waals surface area contributed by atoms with Crippen molar-refractivity contribution in [2.45, 2.75) is 20.3 Å². The van der Waals surface area contributed by atoms with Crippen molar-refractivity contribution < 1.29 is 18.7 Å². The van der Waals surface area contributed by atoms with E-state index in [1.807, 2.05) is 13.0 Å². The van der Waals surface area contributed by atoms with Crippen LogP contribution in [0.2, 0.25) is 0 Å². The van der Waals surface area contributed by atoms with E-state index in [0.717, 1.165) is 10.9 Å². The van der Waals surface area contributed by atoms with Crippen LogP contribution in [-0.4, -0.2) is 11.1 Å². The summed E-state index contributed by atoms with van der Waals surface area (Å²) >= 11 is 0. The zero-order chi connectivity index (χ0) is 14.4. The fraction of sp³-hybridized carbons (Fsp3) is 0.200. The summed E-state index contributed by atoms with van der Waals surface area (Å²) in [4.78, 5) is 22.5. The summed E-state index contributed by atoms with van der Waals surface area (Å²) in [7, 11) is 0. The summed E-state index contributed by atoms with van der Waals surface area (Å²) in [5.74, 6) is -0.987. The van der Waals surface area contributed by atoms with Gasteiger partial charge < -0.3 is 13.9 Å². The number of aliphatic carboxylic acids is 1. The molecule has 0 saturated heterocycles. The Morgan fingerprint density at radius 3 is 2.65 bits per heavy atom. The monoisotopic (exact) mass is 272 g/mol. The SMILES string of the molecule is Cc1coc2c(C)c3oc(=O)cc(CC(=O)O)c3cc12. The third-order valence-corrected chi connectivity index (χ3v) is 3.42. The third-order valence-electron chi connectivity index (χ3n) is 3.42. The largest absolute Gasteiger partial charge is 0.481 e. The number of aryl methyl sites for hydroxylation is 2. The Labute approximate surface area is 113 Å². The fourth-order valence-corrected chi connectivity index (χ4v) is 2.47. The van der Waals surface area contributed by atoms with E-state index >= 15 is 0 Å². The lowest BCUT2D eigenvalue weighted by atomic mass is 10.0. The molecule has 102 valence electrons. The zero-order valence-electron chi connectivity index (χ0n) is 11.0. The van der Waals surface area contributed by atoms with Crippen LogP contribution in [0.25, 0.3) is 21.9 Å². The first-order valence-corrected chi connectivity index (χ1v) is 6.13. The van der Waals surface area contributed by atoms with Gasteiger partial charge in [-0.1, -0.05) is 0 Å². The van der Waals surface area contributed by atoms with Gasteiger partial charge >= 0.3 is 11.6 Å². The molecule has 0 fully saturated rings. The zero-order valence-corrected chi connectivity index (χ0v) is 11.0. The van der Waals surface area contributed by atoms with Crippen LogP contribution in [0.15, 0.2) is 32.0 Å². The third kappa shape index (κ3) is 1.79. The van der Waals surface area contributed by atoms with Crippen molar-refractivity contribution in [3.05, 3.63) is 45.5 Å². The van der Waals surface area contributed by atoms with Crippen molar-refractivity contribution in [1.29, 1.82) is 0 Å².